The van der Waals surface area contributed by atoms with Crippen molar-refractivity contribution in [3.63, 3.8) is 0 Å². The molecule has 0 radical (unpaired) electrons. The van der Waals surface area contributed by atoms with Crippen molar-refractivity contribution < 1.29 is 4.79 Å². The van der Waals surface area contributed by atoms with Crippen molar-refractivity contribution in [3.05, 3.63) is 63.6 Å². The first-order valence-corrected chi connectivity index (χ1v) is 9.72. The van der Waals surface area contributed by atoms with Gasteiger partial charge >= 0.3 is 0 Å². The lowest BCUT2D eigenvalue weighted by molar-refractivity contribution is 0.0989. The van der Waals surface area contributed by atoms with Crippen LogP contribution in [0, 0.1) is 0 Å². The topological polar surface area (TPSA) is 23.6 Å². The number of carbonyl (C=O) groups is 1. The van der Waals surface area contributed by atoms with Gasteiger partial charge in [-0.3, -0.25) is 9.69 Å². The zero-order valence-electron chi connectivity index (χ0n) is 15.1. The van der Waals surface area contributed by atoms with E-state index in [1.54, 1.807) is 0 Å². The number of fused-ring (bicyclic) bond motifs is 1. The van der Waals surface area contributed by atoms with Crippen LogP contribution in [-0.4, -0.2) is 29.9 Å². The largest absolute Gasteiger partial charge is 0.308 e. The van der Waals surface area contributed by atoms with Gasteiger partial charge in [0.25, 0.3) is 5.91 Å². The zero-order valence-corrected chi connectivity index (χ0v) is 16.7. The molecule has 0 bridgehead atoms. The molecule has 0 saturated heterocycles. The molecule has 0 atom stereocenters. The monoisotopic (exact) mass is 400 g/mol. The Hall–Kier alpha value is -1.65. The van der Waals surface area contributed by atoms with Crippen LogP contribution in [0.1, 0.15) is 42.3 Å². The van der Waals surface area contributed by atoms with Crippen LogP contribution >= 0.6 is 15.9 Å². The molecule has 0 aromatic heterocycles. The van der Waals surface area contributed by atoms with E-state index in [4.69, 9.17) is 0 Å². The predicted octanol–water partition coefficient (Wildman–Crippen LogP) is 4.88. The summed E-state index contributed by atoms with van der Waals surface area (Å²) in [4.78, 5) is 17.2. The minimum atomic E-state index is 0.0869. The molecule has 3 nitrogen and oxygen atoms in total. The number of benzene rings is 2. The second kappa shape index (κ2) is 7.71. The number of rotatable bonds is 5. The molecule has 1 amide bonds. The Morgan fingerprint density at radius 2 is 1.92 bits per heavy atom. The Morgan fingerprint density at radius 3 is 2.56 bits per heavy atom. The summed E-state index contributed by atoms with van der Waals surface area (Å²) in [7, 11) is 0. The maximum Gasteiger partial charge on any atom is 0.258 e. The number of carbonyl (C=O) groups excluding carboxylic acids is 1. The van der Waals surface area contributed by atoms with E-state index in [2.05, 4.69) is 59.8 Å². The summed E-state index contributed by atoms with van der Waals surface area (Å²) in [6.45, 7) is 9.31. The third kappa shape index (κ3) is 3.96. The minimum absolute atomic E-state index is 0.0869. The third-order valence-corrected chi connectivity index (χ3v) is 5.40. The number of halogens is 1. The summed E-state index contributed by atoms with van der Waals surface area (Å²) in [6.07, 6.45) is 0.915. The standard InChI is InChI=1S/C21H25BrN2O/c1-4-23(15(2)3)14-16-5-7-17(8-6-16)21(25)24-12-11-18-13-19(22)9-10-20(18)24/h5-10,13,15H,4,11-12,14H2,1-3H3. The van der Waals surface area contributed by atoms with E-state index in [1.807, 2.05) is 29.2 Å². The molecule has 2 aromatic carbocycles. The molecule has 0 unspecified atom stereocenters. The van der Waals surface area contributed by atoms with Crippen molar-refractivity contribution in [3.8, 4) is 0 Å². The van der Waals surface area contributed by atoms with Gasteiger partial charge in [-0.2, -0.15) is 0 Å². The lowest BCUT2D eigenvalue weighted by atomic mass is 10.1. The van der Waals surface area contributed by atoms with Gasteiger partial charge in [0.15, 0.2) is 0 Å². The number of nitrogens with zero attached hydrogens (tertiary/aromatic N) is 2. The highest BCUT2D eigenvalue weighted by Gasteiger charge is 2.25. The molecule has 1 aliphatic rings. The first kappa shape index (κ1) is 18.2. The minimum Gasteiger partial charge on any atom is -0.308 e. The van der Waals surface area contributed by atoms with E-state index in [0.29, 0.717) is 6.04 Å². The van der Waals surface area contributed by atoms with Crippen LogP contribution in [-0.2, 0) is 13.0 Å². The van der Waals surface area contributed by atoms with Gasteiger partial charge in [0.1, 0.15) is 0 Å². The van der Waals surface area contributed by atoms with Gasteiger partial charge < -0.3 is 4.90 Å². The summed E-state index contributed by atoms with van der Waals surface area (Å²) in [6, 6.07) is 14.7. The third-order valence-electron chi connectivity index (χ3n) is 4.91. The van der Waals surface area contributed by atoms with Gasteiger partial charge in [0, 0.05) is 34.9 Å². The highest BCUT2D eigenvalue weighted by Crippen LogP contribution is 2.31. The van der Waals surface area contributed by atoms with E-state index in [1.165, 1.54) is 11.1 Å². The van der Waals surface area contributed by atoms with Crippen molar-refractivity contribution in [2.24, 2.45) is 0 Å². The lowest BCUT2D eigenvalue weighted by Gasteiger charge is -2.25. The van der Waals surface area contributed by atoms with Gasteiger partial charge in [-0.1, -0.05) is 35.0 Å². The van der Waals surface area contributed by atoms with E-state index in [0.717, 1.165) is 41.8 Å². The number of hydrogen-bond donors (Lipinski definition) is 0. The molecule has 0 fully saturated rings. The van der Waals surface area contributed by atoms with Gasteiger partial charge in [-0.15, -0.1) is 0 Å². The van der Waals surface area contributed by atoms with E-state index < -0.39 is 0 Å². The van der Waals surface area contributed by atoms with E-state index in [9.17, 15) is 4.79 Å². The molecule has 1 heterocycles. The van der Waals surface area contributed by atoms with E-state index >= 15 is 0 Å². The molecular weight excluding hydrogens is 376 g/mol. The lowest BCUT2D eigenvalue weighted by Crippen LogP contribution is -2.30. The second-order valence-corrected chi connectivity index (χ2v) is 7.75. The Morgan fingerprint density at radius 1 is 1.20 bits per heavy atom. The summed E-state index contributed by atoms with van der Waals surface area (Å²) >= 11 is 3.50. The average Bonchev–Trinajstić information content (AvgIpc) is 3.02. The Kier molecular flexibility index (Phi) is 5.60. The zero-order chi connectivity index (χ0) is 18.0. The Labute approximate surface area is 158 Å². The smallest absolute Gasteiger partial charge is 0.258 e. The van der Waals surface area contributed by atoms with Crippen LogP contribution < -0.4 is 4.90 Å². The molecule has 25 heavy (non-hydrogen) atoms. The van der Waals surface area contributed by atoms with Crippen molar-refractivity contribution >= 4 is 27.5 Å². The van der Waals surface area contributed by atoms with Crippen LogP contribution in [0.15, 0.2) is 46.9 Å². The predicted molar refractivity (Wildman–Crippen MR) is 107 cm³/mol. The highest BCUT2D eigenvalue weighted by molar-refractivity contribution is 9.10. The molecule has 0 spiro atoms. The summed E-state index contributed by atoms with van der Waals surface area (Å²) < 4.78 is 1.07. The maximum atomic E-state index is 12.9. The first-order chi connectivity index (χ1) is 12.0. The molecule has 0 aliphatic carbocycles. The number of anilines is 1. The molecule has 2 aromatic rings. The summed E-state index contributed by atoms with van der Waals surface area (Å²) in [5, 5.41) is 0. The summed E-state index contributed by atoms with van der Waals surface area (Å²) in [5.41, 5.74) is 4.27. The molecular formula is C21H25BrN2O. The Balaban J connectivity index is 1.74. The van der Waals surface area contributed by atoms with Gasteiger partial charge in [0.2, 0.25) is 0 Å². The van der Waals surface area contributed by atoms with Crippen molar-refractivity contribution in [1.82, 2.24) is 4.90 Å². The number of amides is 1. The molecule has 0 saturated carbocycles. The Bertz CT molecular complexity index is 755. The molecule has 0 N–H and O–H groups in total. The van der Waals surface area contributed by atoms with Gasteiger partial charge in [0.05, 0.1) is 0 Å². The molecule has 1 aliphatic heterocycles. The van der Waals surface area contributed by atoms with Gasteiger partial charge in [-0.25, -0.2) is 0 Å². The van der Waals surface area contributed by atoms with E-state index in [-0.39, 0.29) is 5.91 Å². The van der Waals surface area contributed by atoms with Crippen LogP contribution in [0.2, 0.25) is 0 Å². The summed E-state index contributed by atoms with van der Waals surface area (Å²) in [5.74, 6) is 0.0869. The van der Waals surface area contributed by atoms with Crippen LogP contribution in [0.25, 0.3) is 0 Å². The van der Waals surface area contributed by atoms with Crippen LogP contribution in [0.4, 0.5) is 5.69 Å². The fourth-order valence-electron chi connectivity index (χ4n) is 3.38. The first-order valence-electron chi connectivity index (χ1n) is 8.93. The van der Waals surface area contributed by atoms with Crippen LogP contribution in [0.3, 0.4) is 0 Å². The normalized spacial score (nSPS) is 13.6. The SMILES string of the molecule is CCN(Cc1ccc(C(=O)N2CCc3cc(Br)ccc32)cc1)C(C)C. The van der Waals surface area contributed by atoms with Crippen molar-refractivity contribution in [2.45, 2.75) is 39.8 Å². The highest BCUT2D eigenvalue weighted by atomic mass is 79.9. The molecule has 3 rings (SSSR count). The number of hydrogen-bond acceptors (Lipinski definition) is 2. The molecule has 4 heteroatoms. The quantitative estimate of drug-likeness (QED) is 0.713. The fraction of sp³-hybridized carbons (Fsp3) is 0.381. The average molecular weight is 401 g/mol. The van der Waals surface area contributed by atoms with Crippen molar-refractivity contribution in [2.75, 3.05) is 18.0 Å². The fourth-order valence-corrected chi connectivity index (χ4v) is 3.79. The second-order valence-electron chi connectivity index (χ2n) is 6.83. The maximum absolute atomic E-state index is 12.9. The molecule has 132 valence electrons. The van der Waals surface area contributed by atoms with Crippen molar-refractivity contribution in [1.29, 1.82) is 0 Å². The van der Waals surface area contributed by atoms with Crippen LogP contribution in [0.5, 0.6) is 0 Å². The van der Waals surface area contributed by atoms with Gasteiger partial charge in [-0.05, 0) is 68.3 Å².